The van der Waals surface area contributed by atoms with Gasteiger partial charge in [-0.3, -0.25) is 4.79 Å². The van der Waals surface area contributed by atoms with E-state index in [0.29, 0.717) is 13.0 Å². The van der Waals surface area contributed by atoms with Crippen LogP contribution in [0.5, 0.6) is 0 Å². The zero-order valence-electron chi connectivity index (χ0n) is 9.92. The van der Waals surface area contributed by atoms with Gasteiger partial charge in [0.1, 0.15) is 5.52 Å². The Morgan fingerprint density at radius 3 is 3.06 bits per heavy atom. The quantitative estimate of drug-likeness (QED) is 0.841. The van der Waals surface area contributed by atoms with Crippen LogP contribution >= 0.6 is 0 Å². The smallest absolute Gasteiger partial charge is 0.223 e. The first-order valence-corrected chi connectivity index (χ1v) is 5.41. The SMILES string of the molecule is CN(C)C(=O)CCNc1nccn2nccc12. The van der Waals surface area contributed by atoms with E-state index in [1.54, 1.807) is 42.1 Å². The second kappa shape index (κ2) is 4.82. The van der Waals surface area contributed by atoms with Crippen LogP contribution in [0.1, 0.15) is 6.42 Å². The average Bonchev–Trinajstić information content (AvgIpc) is 2.77. The molecule has 0 aliphatic rings. The third kappa shape index (κ3) is 2.52. The summed E-state index contributed by atoms with van der Waals surface area (Å²) in [6.45, 7) is 0.564. The molecule has 0 unspecified atom stereocenters. The normalized spacial score (nSPS) is 10.5. The molecule has 2 aromatic heterocycles. The molecule has 0 aromatic carbocycles. The molecule has 0 spiro atoms. The van der Waals surface area contributed by atoms with E-state index in [-0.39, 0.29) is 5.91 Å². The lowest BCUT2D eigenvalue weighted by Gasteiger charge is -2.11. The maximum Gasteiger partial charge on any atom is 0.223 e. The van der Waals surface area contributed by atoms with Crippen molar-refractivity contribution in [2.75, 3.05) is 26.0 Å². The van der Waals surface area contributed by atoms with Crippen molar-refractivity contribution in [2.24, 2.45) is 0 Å². The lowest BCUT2D eigenvalue weighted by atomic mass is 10.3. The number of amides is 1. The average molecular weight is 233 g/mol. The molecule has 0 saturated heterocycles. The van der Waals surface area contributed by atoms with Gasteiger partial charge < -0.3 is 10.2 Å². The predicted molar refractivity (Wildman–Crippen MR) is 64.8 cm³/mol. The summed E-state index contributed by atoms with van der Waals surface area (Å²) in [5.41, 5.74) is 0.907. The molecule has 6 nitrogen and oxygen atoms in total. The number of aromatic nitrogens is 3. The Hall–Kier alpha value is -2.11. The van der Waals surface area contributed by atoms with Crippen molar-refractivity contribution in [1.82, 2.24) is 19.5 Å². The van der Waals surface area contributed by atoms with Crippen LogP contribution in [0.3, 0.4) is 0 Å². The van der Waals surface area contributed by atoms with Gasteiger partial charge in [0.05, 0.1) is 6.20 Å². The first-order chi connectivity index (χ1) is 8.18. The lowest BCUT2D eigenvalue weighted by Crippen LogP contribution is -2.24. The number of carbonyl (C=O) groups excluding carboxylic acids is 1. The van der Waals surface area contributed by atoms with Crippen LogP contribution in [0.25, 0.3) is 5.52 Å². The summed E-state index contributed by atoms with van der Waals surface area (Å²) in [6, 6.07) is 1.88. The molecule has 6 heteroatoms. The molecule has 0 aliphatic carbocycles. The summed E-state index contributed by atoms with van der Waals surface area (Å²) < 4.78 is 1.74. The molecule has 0 atom stereocenters. The predicted octanol–water partition coefficient (Wildman–Crippen LogP) is 0.619. The summed E-state index contributed by atoms with van der Waals surface area (Å²) in [7, 11) is 3.50. The van der Waals surface area contributed by atoms with Crippen molar-refractivity contribution in [3.05, 3.63) is 24.7 Å². The van der Waals surface area contributed by atoms with Crippen LogP contribution in [-0.2, 0) is 4.79 Å². The van der Waals surface area contributed by atoms with E-state index < -0.39 is 0 Å². The van der Waals surface area contributed by atoms with Crippen molar-refractivity contribution in [2.45, 2.75) is 6.42 Å². The van der Waals surface area contributed by atoms with E-state index in [0.717, 1.165) is 11.3 Å². The Bertz CT molecular complexity index is 519. The van der Waals surface area contributed by atoms with Gasteiger partial charge in [-0.05, 0) is 6.07 Å². The van der Waals surface area contributed by atoms with Crippen LogP contribution in [0.4, 0.5) is 5.82 Å². The van der Waals surface area contributed by atoms with Gasteiger partial charge in [0.25, 0.3) is 0 Å². The highest BCUT2D eigenvalue weighted by Gasteiger charge is 2.05. The van der Waals surface area contributed by atoms with Crippen LogP contribution < -0.4 is 5.32 Å². The molecule has 0 radical (unpaired) electrons. The first-order valence-electron chi connectivity index (χ1n) is 5.41. The van der Waals surface area contributed by atoms with E-state index in [4.69, 9.17) is 0 Å². The third-order valence-corrected chi connectivity index (χ3v) is 2.45. The monoisotopic (exact) mass is 233 g/mol. The second-order valence-electron chi connectivity index (χ2n) is 3.90. The molecule has 0 fully saturated rings. The molecule has 90 valence electrons. The summed E-state index contributed by atoms with van der Waals surface area (Å²) >= 11 is 0. The van der Waals surface area contributed by atoms with E-state index in [1.165, 1.54) is 0 Å². The molecule has 0 saturated carbocycles. The number of nitrogens with zero attached hydrogens (tertiary/aromatic N) is 4. The van der Waals surface area contributed by atoms with Crippen molar-refractivity contribution in [3.63, 3.8) is 0 Å². The largest absolute Gasteiger partial charge is 0.368 e. The molecular formula is C11H15N5O. The fourth-order valence-corrected chi connectivity index (χ4v) is 1.51. The summed E-state index contributed by atoms with van der Waals surface area (Å²) in [5.74, 6) is 0.842. The van der Waals surface area contributed by atoms with Gasteiger partial charge in [-0.2, -0.15) is 5.10 Å². The topological polar surface area (TPSA) is 62.5 Å². The van der Waals surface area contributed by atoms with Gasteiger partial charge in [0.15, 0.2) is 5.82 Å². The number of hydrogen-bond acceptors (Lipinski definition) is 4. The third-order valence-electron chi connectivity index (χ3n) is 2.45. The number of rotatable bonds is 4. The number of nitrogens with one attached hydrogen (secondary N) is 1. The molecule has 1 N–H and O–H groups in total. The van der Waals surface area contributed by atoms with Crippen LogP contribution in [0, 0.1) is 0 Å². The minimum Gasteiger partial charge on any atom is -0.368 e. The molecule has 2 rings (SSSR count). The Labute approximate surface area is 99.3 Å². The van der Waals surface area contributed by atoms with Gasteiger partial charge in [-0.15, -0.1) is 0 Å². The fourth-order valence-electron chi connectivity index (χ4n) is 1.51. The number of fused-ring (bicyclic) bond motifs is 1. The molecule has 2 heterocycles. The Balaban J connectivity index is 1.99. The molecule has 0 aliphatic heterocycles. The van der Waals surface area contributed by atoms with E-state index >= 15 is 0 Å². The van der Waals surface area contributed by atoms with E-state index in [1.807, 2.05) is 6.07 Å². The Morgan fingerprint density at radius 1 is 1.47 bits per heavy atom. The summed E-state index contributed by atoms with van der Waals surface area (Å²) in [4.78, 5) is 17.2. The summed E-state index contributed by atoms with van der Waals surface area (Å²) in [5, 5.41) is 7.25. The highest BCUT2D eigenvalue weighted by Crippen LogP contribution is 2.11. The zero-order valence-corrected chi connectivity index (χ0v) is 9.92. The van der Waals surface area contributed by atoms with Crippen molar-refractivity contribution in [1.29, 1.82) is 0 Å². The number of hydrogen-bond donors (Lipinski definition) is 1. The van der Waals surface area contributed by atoms with Crippen molar-refractivity contribution >= 4 is 17.2 Å². The molecule has 2 aromatic rings. The number of anilines is 1. The summed E-state index contributed by atoms with van der Waals surface area (Å²) in [6.07, 6.45) is 5.62. The molecule has 1 amide bonds. The van der Waals surface area contributed by atoms with Crippen molar-refractivity contribution < 1.29 is 4.79 Å². The highest BCUT2D eigenvalue weighted by molar-refractivity contribution is 5.76. The van der Waals surface area contributed by atoms with Gasteiger partial charge in [-0.25, -0.2) is 9.50 Å². The van der Waals surface area contributed by atoms with Crippen LogP contribution in [-0.4, -0.2) is 46.0 Å². The zero-order chi connectivity index (χ0) is 12.3. The Morgan fingerprint density at radius 2 is 2.29 bits per heavy atom. The standard InChI is InChI=1S/C11H15N5O/c1-15(2)10(17)4-5-12-11-9-3-6-14-16(9)8-7-13-11/h3,6-8H,4-5H2,1-2H3,(H,12,13). The van der Waals surface area contributed by atoms with Gasteiger partial charge in [-0.1, -0.05) is 0 Å². The Kier molecular flexibility index (Phi) is 3.22. The van der Waals surface area contributed by atoms with Crippen molar-refractivity contribution in [3.8, 4) is 0 Å². The molecule has 0 bridgehead atoms. The second-order valence-corrected chi connectivity index (χ2v) is 3.90. The molecule has 17 heavy (non-hydrogen) atoms. The maximum atomic E-state index is 11.4. The van der Waals surface area contributed by atoms with Gasteiger partial charge in [0, 0.05) is 39.5 Å². The minimum absolute atomic E-state index is 0.0953. The van der Waals surface area contributed by atoms with Gasteiger partial charge in [0.2, 0.25) is 5.91 Å². The lowest BCUT2D eigenvalue weighted by molar-refractivity contribution is -0.128. The van der Waals surface area contributed by atoms with Crippen LogP contribution in [0.15, 0.2) is 24.7 Å². The maximum absolute atomic E-state index is 11.4. The van der Waals surface area contributed by atoms with E-state index in [2.05, 4.69) is 15.4 Å². The highest BCUT2D eigenvalue weighted by atomic mass is 16.2. The minimum atomic E-state index is 0.0953. The van der Waals surface area contributed by atoms with Gasteiger partial charge >= 0.3 is 0 Å². The first kappa shape index (κ1) is 11.4. The van der Waals surface area contributed by atoms with Crippen LogP contribution in [0.2, 0.25) is 0 Å². The number of carbonyl (C=O) groups is 1. The molecular weight excluding hydrogens is 218 g/mol. The van der Waals surface area contributed by atoms with E-state index in [9.17, 15) is 4.79 Å². The fraction of sp³-hybridized carbons (Fsp3) is 0.364.